The van der Waals surface area contributed by atoms with Crippen LogP contribution in [-0.2, 0) is 4.74 Å². The van der Waals surface area contributed by atoms with Gasteiger partial charge >= 0.3 is 6.09 Å². The molecule has 0 spiro atoms. The van der Waals surface area contributed by atoms with Gasteiger partial charge in [0, 0.05) is 19.2 Å². The molecule has 1 aromatic carbocycles. The predicted octanol–water partition coefficient (Wildman–Crippen LogP) is 3.23. The first-order valence-electron chi connectivity index (χ1n) is 7.15. The molecule has 1 rings (SSSR count). The minimum atomic E-state index is -0.523. The zero-order chi connectivity index (χ0) is 16.8. The molecular formula is C15H23N3O4. The number of hydrogen-bond acceptors (Lipinski definition) is 5. The summed E-state index contributed by atoms with van der Waals surface area (Å²) in [5.41, 5.74) is 0.956. The van der Waals surface area contributed by atoms with Crippen LogP contribution in [0.15, 0.2) is 18.2 Å². The van der Waals surface area contributed by atoms with Crippen LogP contribution in [0.25, 0.3) is 0 Å². The van der Waals surface area contributed by atoms with Gasteiger partial charge < -0.3 is 15.4 Å². The number of amides is 1. The van der Waals surface area contributed by atoms with Gasteiger partial charge in [-0.2, -0.15) is 0 Å². The SMILES string of the molecule is Cc1ccc([N+](=O)[O-])c(NCCCNC(=O)OC(C)(C)C)c1. The molecule has 122 valence electrons. The molecule has 2 N–H and O–H groups in total. The molecule has 7 heteroatoms. The Bertz CT molecular complexity index is 538. The fourth-order valence-corrected chi connectivity index (χ4v) is 1.77. The van der Waals surface area contributed by atoms with E-state index in [2.05, 4.69) is 10.6 Å². The minimum Gasteiger partial charge on any atom is -0.444 e. The maximum atomic E-state index is 11.4. The number of rotatable bonds is 6. The van der Waals surface area contributed by atoms with Crippen molar-refractivity contribution in [1.29, 1.82) is 0 Å². The van der Waals surface area contributed by atoms with Gasteiger partial charge in [-0.1, -0.05) is 6.07 Å². The van der Waals surface area contributed by atoms with Gasteiger partial charge in [-0.3, -0.25) is 10.1 Å². The van der Waals surface area contributed by atoms with E-state index in [1.54, 1.807) is 32.9 Å². The van der Waals surface area contributed by atoms with Gasteiger partial charge in [0.2, 0.25) is 0 Å². The number of alkyl carbamates (subject to hydrolysis) is 1. The third-order valence-corrected chi connectivity index (χ3v) is 2.69. The fourth-order valence-electron chi connectivity index (χ4n) is 1.77. The van der Waals surface area contributed by atoms with Crippen LogP contribution in [0.3, 0.4) is 0 Å². The molecule has 0 heterocycles. The second-order valence-electron chi connectivity index (χ2n) is 5.99. The summed E-state index contributed by atoms with van der Waals surface area (Å²) in [6, 6.07) is 4.92. The lowest BCUT2D eigenvalue weighted by atomic mass is 10.2. The number of nitrogens with zero attached hydrogens (tertiary/aromatic N) is 1. The zero-order valence-corrected chi connectivity index (χ0v) is 13.4. The van der Waals surface area contributed by atoms with Crippen molar-refractivity contribution >= 4 is 17.5 Å². The van der Waals surface area contributed by atoms with Crippen molar-refractivity contribution in [1.82, 2.24) is 5.32 Å². The van der Waals surface area contributed by atoms with Crippen molar-refractivity contribution in [2.24, 2.45) is 0 Å². The first-order chi connectivity index (χ1) is 10.2. The van der Waals surface area contributed by atoms with Crippen LogP contribution in [-0.4, -0.2) is 29.7 Å². The Labute approximate surface area is 130 Å². The van der Waals surface area contributed by atoms with Crippen molar-refractivity contribution in [2.45, 2.75) is 39.7 Å². The smallest absolute Gasteiger partial charge is 0.407 e. The van der Waals surface area contributed by atoms with Crippen LogP contribution in [0.2, 0.25) is 0 Å². The summed E-state index contributed by atoms with van der Waals surface area (Å²) in [6.45, 7) is 8.21. The van der Waals surface area contributed by atoms with E-state index in [9.17, 15) is 14.9 Å². The summed E-state index contributed by atoms with van der Waals surface area (Å²) in [5, 5.41) is 16.6. The Morgan fingerprint density at radius 1 is 1.32 bits per heavy atom. The highest BCUT2D eigenvalue weighted by molar-refractivity contribution is 5.67. The molecule has 0 unspecified atom stereocenters. The van der Waals surface area contributed by atoms with E-state index in [1.807, 2.05) is 6.92 Å². The van der Waals surface area contributed by atoms with Crippen molar-refractivity contribution in [3.8, 4) is 0 Å². The molecule has 0 bridgehead atoms. The summed E-state index contributed by atoms with van der Waals surface area (Å²) in [7, 11) is 0. The molecule has 1 amide bonds. The molecule has 0 saturated heterocycles. The van der Waals surface area contributed by atoms with Gasteiger partial charge in [-0.05, 0) is 45.7 Å². The van der Waals surface area contributed by atoms with Crippen LogP contribution in [0.5, 0.6) is 0 Å². The Balaban J connectivity index is 2.38. The average molecular weight is 309 g/mol. The summed E-state index contributed by atoms with van der Waals surface area (Å²) < 4.78 is 5.11. The van der Waals surface area contributed by atoms with Crippen molar-refractivity contribution in [3.05, 3.63) is 33.9 Å². The Kier molecular flexibility index (Phi) is 6.15. The molecule has 0 radical (unpaired) electrons. The highest BCUT2D eigenvalue weighted by Crippen LogP contribution is 2.24. The van der Waals surface area contributed by atoms with E-state index in [4.69, 9.17) is 4.74 Å². The van der Waals surface area contributed by atoms with Crippen LogP contribution in [0.1, 0.15) is 32.8 Å². The predicted molar refractivity (Wildman–Crippen MR) is 85.2 cm³/mol. The number of anilines is 1. The van der Waals surface area contributed by atoms with Gasteiger partial charge in [0.25, 0.3) is 5.69 Å². The molecule has 7 nitrogen and oxygen atoms in total. The second kappa shape index (κ2) is 7.63. The minimum absolute atomic E-state index is 0.0469. The van der Waals surface area contributed by atoms with Crippen molar-refractivity contribution in [3.63, 3.8) is 0 Å². The van der Waals surface area contributed by atoms with Gasteiger partial charge in [-0.15, -0.1) is 0 Å². The number of carbonyl (C=O) groups is 1. The molecule has 1 aromatic rings. The Morgan fingerprint density at radius 3 is 2.59 bits per heavy atom. The number of aryl methyl sites for hydroxylation is 1. The van der Waals surface area contributed by atoms with Crippen LogP contribution in [0.4, 0.5) is 16.2 Å². The summed E-state index contributed by atoms with van der Waals surface area (Å²) >= 11 is 0. The molecule has 0 aliphatic carbocycles. The van der Waals surface area contributed by atoms with E-state index in [-0.39, 0.29) is 5.69 Å². The van der Waals surface area contributed by atoms with E-state index < -0.39 is 16.6 Å². The lowest BCUT2D eigenvalue weighted by Gasteiger charge is -2.19. The molecule has 0 aliphatic heterocycles. The highest BCUT2D eigenvalue weighted by Gasteiger charge is 2.15. The summed E-state index contributed by atoms with van der Waals surface area (Å²) in [5.74, 6) is 0. The number of ether oxygens (including phenoxy) is 1. The van der Waals surface area contributed by atoms with Crippen LogP contribution >= 0.6 is 0 Å². The van der Waals surface area contributed by atoms with Crippen LogP contribution in [0, 0.1) is 17.0 Å². The molecule has 22 heavy (non-hydrogen) atoms. The standard InChI is InChI=1S/C15H23N3O4/c1-11-6-7-13(18(20)21)12(10-11)16-8-5-9-17-14(19)22-15(2,3)4/h6-7,10,16H,5,8-9H2,1-4H3,(H,17,19). The first kappa shape index (κ1) is 17.7. The fraction of sp³-hybridized carbons (Fsp3) is 0.533. The number of nitro groups is 1. The number of nitro benzene ring substituents is 1. The second-order valence-corrected chi connectivity index (χ2v) is 5.99. The number of benzene rings is 1. The Hall–Kier alpha value is -2.31. The molecule has 0 aromatic heterocycles. The molecule has 0 aliphatic rings. The maximum Gasteiger partial charge on any atom is 0.407 e. The van der Waals surface area contributed by atoms with Crippen molar-refractivity contribution in [2.75, 3.05) is 18.4 Å². The third kappa shape index (κ3) is 6.43. The van der Waals surface area contributed by atoms with Gasteiger partial charge in [0.15, 0.2) is 0 Å². The molecule has 0 fully saturated rings. The van der Waals surface area contributed by atoms with E-state index in [1.165, 1.54) is 6.07 Å². The average Bonchev–Trinajstić information content (AvgIpc) is 2.35. The number of nitrogens with one attached hydrogen (secondary N) is 2. The van der Waals surface area contributed by atoms with E-state index in [0.29, 0.717) is 25.2 Å². The normalized spacial score (nSPS) is 10.9. The van der Waals surface area contributed by atoms with E-state index in [0.717, 1.165) is 5.56 Å². The van der Waals surface area contributed by atoms with Crippen LogP contribution < -0.4 is 10.6 Å². The van der Waals surface area contributed by atoms with Crippen molar-refractivity contribution < 1.29 is 14.5 Å². The zero-order valence-electron chi connectivity index (χ0n) is 13.4. The Morgan fingerprint density at radius 2 is 2.00 bits per heavy atom. The number of hydrogen-bond donors (Lipinski definition) is 2. The monoisotopic (exact) mass is 309 g/mol. The highest BCUT2D eigenvalue weighted by atomic mass is 16.6. The van der Waals surface area contributed by atoms with Gasteiger partial charge in [0.05, 0.1) is 4.92 Å². The van der Waals surface area contributed by atoms with E-state index >= 15 is 0 Å². The quantitative estimate of drug-likeness (QED) is 0.478. The van der Waals surface area contributed by atoms with Gasteiger partial charge in [0.1, 0.15) is 11.3 Å². The molecular weight excluding hydrogens is 286 g/mol. The maximum absolute atomic E-state index is 11.4. The summed E-state index contributed by atoms with van der Waals surface area (Å²) in [4.78, 5) is 22.0. The largest absolute Gasteiger partial charge is 0.444 e. The lowest BCUT2D eigenvalue weighted by molar-refractivity contribution is -0.384. The lowest BCUT2D eigenvalue weighted by Crippen LogP contribution is -2.33. The third-order valence-electron chi connectivity index (χ3n) is 2.69. The number of carbonyl (C=O) groups excluding carboxylic acids is 1. The molecule has 0 saturated carbocycles. The molecule has 0 atom stereocenters. The summed E-state index contributed by atoms with van der Waals surface area (Å²) in [6.07, 6.45) is 0.165. The van der Waals surface area contributed by atoms with Gasteiger partial charge in [-0.25, -0.2) is 4.79 Å². The topological polar surface area (TPSA) is 93.5 Å². The first-order valence-corrected chi connectivity index (χ1v) is 7.15.